The fourth-order valence-corrected chi connectivity index (χ4v) is 3.92. The fourth-order valence-electron chi connectivity index (χ4n) is 3.18. The quantitative estimate of drug-likeness (QED) is 0.704. The van der Waals surface area contributed by atoms with E-state index in [-0.39, 0.29) is 0 Å². The van der Waals surface area contributed by atoms with Crippen LogP contribution in [0.5, 0.6) is 6.01 Å². The van der Waals surface area contributed by atoms with Crippen molar-refractivity contribution in [2.24, 2.45) is 5.92 Å². The molecule has 0 radical (unpaired) electrons. The lowest BCUT2D eigenvalue weighted by atomic mass is 10.1. The summed E-state index contributed by atoms with van der Waals surface area (Å²) in [6, 6.07) is 6.63. The molecule has 0 bridgehead atoms. The summed E-state index contributed by atoms with van der Waals surface area (Å²) in [6.07, 6.45) is 5.62. The molecule has 0 fully saturated rings. The third-order valence-electron chi connectivity index (χ3n) is 4.34. The Balaban J connectivity index is 1.46. The van der Waals surface area contributed by atoms with Gasteiger partial charge in [0.2, 0.25) is 0 Å². The van der Waals surface area contributed by atoms with Crippen LogP contribution in [-0.4, -0.2) is 37.6 Å². The van der Waals surface area contributed by atoms with Gasteiger partial charge in [0.1, 0.15) is 0 Å². The van der Waals surface area contributed by atoms with Gasteiger partial charge in [0.15, 0.2) is 0 Å². The maximum absolute atomic E-state index is 5.88. The van der Waals surface area contributed by atoms with Crippen LogP contribution in [0, 0.1) is 12.8 Å². The Bertz CT molecular complexity index is 817. The monoisotopic (exact) mass is 355 g/mol. The SMILES string of the molecule is Cc1ccnc(OC[C@H]2CN(Cc3cccs3)Cc3cncn3C2)n1. The van der Waals surface area contributed by atoms with Crippen molar-refractivity contribution in [3.8, 4) is 6.01 Å². The average Bonchev–Trinajstić information content (AvgIpc) is 3.22. The third kappa shape index (κ3) is 4.05. The molecule has 4 heterocycles. The van der Waals surface area contributed by atoms with Crippen molar-refractivity contribution in [2.45, 2.75) is 26.6 Å². The molecule has 6 nitrogen and oxygen atoms in total. The number of fused-ring (bicyclic) bond motifs is 1. The molecule has 1 atom stereocenters. The molecule has 25 heavy (non-hydrogen) atoms. The van der Waals surface area contributed by atoms with Crippen molar-refractivity contribution in [3.05, 3.63) is 58.6 Å². The first-order valence-corrected chi connectivity index (χ1v) is 9.30. The Labute approximate surface area is 151 Å². The minimum atomic E-state index is 0.361. The first kappa shape index (κ1) is 16.2. The summed E-state index contributed by atoms with van der Waals surface area (Å²) >= 11 is 1.80. The van der Waals surface area contributed by atoms with Crippen molar-refractivity contribution >= 4 is 11.3 Å². The lowest BCUT2D eigenvalue weighted by molar-refractivity contribution is 0.161. The molecule has 0 spiro atoms. The van der Waals surface area contributed by atoms with Gasteiger partial charge in [0.25, 0.3) is 0 Å². The van der Waals surface area contributed by atoms with Crippen LogP contribution in [0.15, 0.2) is 42.3 Å². The van der Waals surface area contributed by atoms with E-state index >= 15 is 0 Å². The van der Waals surface area contributed by atoms with Gasteiger partial charge in [-0.25, -0.2) is 15.0 Å². The zero-order chi connectivity index (χ0) is 17.1. The summed E-state index contributed by atoms with van der Waals surface area (Å²) in [4.78, 5) is 16.7. The minimum absolute atomic E-state index is 0.361. The van der Waals surface area contributed by atoms with Crippen LogP contribution in [0.3, 0.4) is 0 Å². The maximum Gasteiger partial charge on any atom is 0.316 e. The highest BCUT2D eigenvalue weighted by Crippen LogP contribution is 2.20. The summed E-state index contributed by atoms with van der Waals surface area (Å²) in [5.41, 5.74) is 2.17. The van der Waals surface area contributed by atoms with E-state index in [1.54, 1.807) is 17.5 Å². The molecule has 4 rings (SSSR count). The van der Waals surface area contributed by atoms with Gasteiger partial charge in [-0.1, -0.05) is 6.07 Å². The Morgan fingerprint density at radius 3 is 3.12 bits per heavy atom. The first-order valence-electron chi connectivity index (χ1n) is 8.42. The second kappa shape index (κ2) is 7.33. The van der Waals surface area contributed by atoms with Crippen molar-refractivity contribution in [1.82, 2.24) is 24.4 Å². The highest BCUT2D eigenvalue weighted by atomic mass is 32.1. The summed E-state index contributed by atoms with van der Waals surface area (Å²) < 4.78 is 8.11. The van der Waals surface area contributed by atoms with Crippen molar-refractivity contribution in [1.29, 1.82) is 0 Å². The molecule has 3 aromatic rings. The summed E-state index contributed by atoms with van der Waals surface area (Å²) in [5, 5.41) is 2.13. The zero-order valence-corrected chi connectivity index (χ0v) is 15.0. The molecule has 0 saturated carbocycles. The Hall–Kier alpha value is -2.25. The normalized spacial score (nSPS) is 17.9. The molecule has 3 aromatic heterocycles. The van der Waals surface area contributed by atoms with E-state index in [0.717, 1.165) is 31.9 Å². The number of imidazole rings is 1. The summed E-state index contributed by atoms with van der Waals surface area (Å²) in [5.74, 6) is 0.361. The van der Waals surface area contributed by atoms with Crippen molar-refractivity contribution < 1.29 is 4.74 Å². The fraction of sp³-hybridized carbons (Fsp3) is 0.389. The molecule has 0 aromatic carbocycles. The number of aryl methyl sites for hydroxylation is 1. The van der Waals surface area contributed by atoms with E-state index in [2.05, 4.69) is 41.9 Å². The third-order valence-corrected chi connectivity index (χ3v) is 5.20. The molecule has 0 unspecified atom stereocenters. The number of hydrogen-bond donors (Lipinski definition) is 0. The van der Waals surface area contributed by atoms with Gasteiger partial charge >= 0.3 is 6.01 Å². The lowest BCUT2D eigenvalue weighted by Gasteiger charge is -2.23. The molecule has 7 heteroatoms. The van der Waals surface area contributed by atoms with E-state index in [4.69, 9.17) is 4.74 Å². The Kier molecular flexibility index (Phi) is 4.76. The van der Waals surface area contributed by atoms with Crippen LogP contribution >= 0.6 is 11.3 Å². The topological polar surface area (TPSA) is 56.1 Å². The van der Waals surface area contributed by atoms with Gasteiger partial charge in [-0.2, -0.15) is 0 Å². The predicted octanol–water partition coefficient (Wildman–Crippen LogP) is 2.75. The second-order valence-electron chi connectivity index (χ2n) is 6.44. The lowest BCUT2D eigenvalue weighted by Crippen LogP contribution is -2.30. The highest BCUT2D eigenvalue weighted by Gasteiger charge is 2.23. The van der Waals surface area contributed by atoms with Crippen LogP contribution in [-0.2, 0) is 19.6 Å². The van der Waals surface area contributed by atoms with E-state index in [1.807, 2.05) is 25.5 Å². The Morgan fingerprint density at radius 2 is 2.28 bits per heavy atom. The maximum atomic E-state index is 5.88. The number of ether oxygens (including phenoxy) is 1. The van der Waals surface area contributed by atoms with E-state index < -0.39 is 0 Å². The zero-order valence-electron chi connectivity index (χ0n) is 14.2. The van der Waals surface area contributed by atoms with Crippen LogP contribution in [0.25, 0.3) is 0 Å². The smallest absolute Gasteiger partial charge is 0.316 e. The van der Waals surface area contributed by atoms with Gasteiger partial charge in [-0.15, -0.1) is 11.3 Å². The first-order chi connectivity index (χ1) is 12.3. The molecule has 1 aliphatic rings. The molecule has 0 N–H and O–H groups in total. The van der Waals surface area contributed by atoms with E-state index in [0.29, 0.717) is 18.5 Å². The number of hydrogen-bond acceptors (Lipinski definition) is 6. The molecule has 1 aliphatic heterocycles. The molecule has 0 aliphatic carbocycles. The van der Waals surface area contributed by atoms with Crippen LogP contribution in [0.2, 0.25) is 0 Å². The summed E-state index contributed by atoms with van der Waals surface area (Å²) in [6.45, 7) is 6.30. The van der Waals surface area contributed by atoms with E-state index in [9.17, 15) is 0 Å². The molecule has 130 valence electrons. The minimum Gasteiger partial charge on any atom is -0.463 e. The number of nitrogens with zero attached hydrogens (tertiary/aromatic N) is 5. The van der Waals surface area contributed by atoms with Crippen molar-refractivity contribution in [3.63, 3.8) is 0 Å². The van der Waals surface area contributed by atoms with Gasteiger partial charge in [0.05, 0.1) is 18.6 Å². The van der Waals surface area contributed by atoms with Crippen LogP contribution in [0.1, 0.15) is 16.3 Å². The van der Waals surface area contributed by atoms with E-state index in [1.165, 1.54) is 10.6 Å². The molecule has 0 saturated heterocycles. The highest BCUT2D eigenvalue weighted by molar-refractivity contribution is 7.09. The standard InChI is InChI=1S/C18H21N5OS/c1-14-4-5-20-18(21-14)24-12-15-8-22(11-17-3-2-6-25-17)10-16-7-19-13-23(16)9-15/h2-7,13,15H,8-12H2,1H3/t15-/m0/s1. The largest absolute Gasteiger partial charge is 0.463 e. The molecular formula is C18H21N5OS. The van der Waals surface area contributed by atoms with Gasteiger partial charge in [-0.05, 0) is 24.4 Å². The number of rotatable bonds is 5. The summed E-state index contributed by atoms with van der Waals surface area (Å²) in [7, 11) is 0. The molecule has 0 amide bonds. The number of aromatic nitrogens is 4. The van der Waals surface area contributed by atoms with Crippen molar-refractivity contribution in [2.75, 3.05) is 13.2 Å². The van der Waals surface area contributed by atoms with Crippen LogP contribution < -0.4 is 4.74 Å². The predicted molar refractivity (Wildman–Crippen MR) is 96.4 cm³/mol. The second-order valence-corrected chi connectivity index (χ2v) is 7.48. The Morgan fingerprint density at radius 1 is 1.32 bits per heavy atom. The van der Waals surface area contributed by atoms with Gasteiger partial charge in [0, 0.05) is 55.1 Å². The average molecular weight is 355 g/mol. The number of thiophene rings is 1. The van der Waals surface area contributed by atoms with Gasteiger partial charge in [-0.3, -0.25) is 4.90 Å². The van der Waals surface area contributed by atoms with Gasteiger partial charge < -0.3 is 9.30 Å². The molecular weight excluding hydrogens is 334 g/mol. The van der Waals surface area contributed by atoms with Crippen LogP contribution in [0.4, 0.5) is 0 Å².